The Kier molecular flexibility index (Phi) is 5.15. The largest absolute Gasteiger partial charge is 0.573 e. The van der Waals surface area contributed by atoms with Gasteiger partial charge >= 0.3 is 6.36 Å². The third-order valence-electron chi connectivity index (χ3n) is 6.06. The third-order valence-corrected chi connectivity index (χ3v) is 6.06. The maximum atomic E-state index is 12.3. The summed E-state index contributed by atoms with van der Waals surface area (Å²) in [4.78, 5) is 6.38. The average Bonchev–Trinajstić information content (AvgIpc) is 3.43. The molecule has 1 aromatic heterocycles. The zero-order valence-electron chi connectivity index (χ0n) is 16.8. The van der Waals surface area contributed by atoms with Crippen LogP contribution in [0.25, 0.3) is 22.8 Å². The third kappa shape index (κ3) is 3.74. The van der Waals surface area contributed by atoms with Crippen LogP contribution in [-0.4, -0.2) is 51.0 Å². The van der Waals surface area contributed by atoms with E-state index < -0.39 is 12.6 Å². The molecule has 1 fully saturated rings. The number of aliphatic hydroxyl groups excluding tert-OH is 2. The molecule has 32 heavy (non-hydrogen) atoms. The van der Waals surface area contributed by atoms with Crippen LogP contribution in [0.5, 0.6) is 5.75 Å². The van der Waals surface area contributed by atoms with Crippen LogP contribution in [0.4, 0.5) is 13.2 Å². The molecule has 2 aliphatic rings. The Balaban J connectivity index is 1.42. The van der Waals surface area contributed by atoms with Crippen LogP contribution < -0.4 is 4.74 Å². The Hall–Kier alpha value is -2.95. The van der Waals surface area contributed by atoms with Gasteiger partial charge in [0.2, 0.25) is 5.82 Å². The van der Waals surface area contributed by atoms with Gasteiger partial charge < -0.3 is 19.5 Å². The van der Waals surface area contributed by atoms with E-state index in [1.54, 1.807) is 0 Å². The quantitative estimate of drug-likeness (QED) is 0.618. The molecular weight excluding hydrogens is 427 g/mol. The zero-order valence-corrected chi connectivity index (χ0v) is 16.8. The van der Waals surface area contributed by atoms with E-state index >= 15 is 0 Å². The number of halogens is 3. The topological polar surface area (TPSA) is 91.9 Å². The van der Waals surface area contributed by atoms with Crippen molar-refractivity contribution in [1.29, 1.82) is 0 Å². The van der Waals surface area contributed by atoms with Crippen molar-refractivity contribution >= 4 is 0 Å². The molecule has 1 unspecified atom stereocenters. The highest BCUT2D eigenvalue weighted by Crippen LogP contribution is 2.50. The van der Waals surface area contributed by atoms with Gasteiger partial charge in [0.1, 0.15) is 12.0 Å². The van der Waals surface area contributed by atoms with Gasteiger partial charge in [0.05, 0.1) is 6.61 Å². The van der Waals surface area contributed by atoms with Gasteiger partial charge in [-0.25, -0.2) is 0 Å². The SMILES string of the molecule is OCCN1C(O)C[C@H]2Cc3c(-c4noc(-c5ccc(OC(F)(F)F)cc5)n4)cccc3[C@H]21. The fourth-order valence-electron chi connectivity index (χ4n) is 4.85. The molecule has 0 saturated carbocycles. The monoisotopic (exact) mass is 447 g/mol. The van der Waals surface area contributed by atoms with E-state index in [9.17, 15) is 23.4 Å². The maximum Gasteiger partial charge on any atom is 0.573 e. The molecule has 1 saturated heterocycles. The van der Waals surface area contributed by atoms with Crippen LogP contribution in [0.15, 0.2) is 47.0 Å². The van der Waals surface area contributed by atoms with Crippen molar-refractivity contribution in [1.82, 2.24) is 15.0 Å². The Morgan fingerprint density at radius 2 is 1.94 bits per heavy atom. The van der Waals surface area contributed by atoms with Gasteiger partial charge in [-0.15, -0.1) is 13.2 Å². The number of likely N-dealkylation sites (tertiary alicyclic amines) is 1. The van der Waals surface area contributed by atoms with E-state index in [4.69, 9.17) is 4.52 Å². The van der Waals surface area contributed by atoms with Crippen LogP contribution >= 0.6 is 0 Å². The van der Waals surface area contributed by atoms with E-state index in [1.165, 1.54) is 24.3 Å². The number of ether oxygens (including phenoxy) is 1. The summed E-state index contributed by atoms with van der Waals surface area (Å²) in [5.41, 5.74) is 3.46. The van der Waals surface area contributed by atoms with Crippen molar-refractivity contribution in [3.63, 3.8) is 0 Å². The number of alkyl halides is 3. The summed E-state index contributed by atoms with van der Waals surface area (Å²) in [6.07, 6.45) is -3.95. The van der Waals surface area contributed by atoms with Crippen molar-refractivity contribution in [2.75, 3.05) is 13.2 Å². The van der Waals surface area contributed by atoms with Crippen LogP contribution in [-0.2, 0) is 6.42 Å². The molecule has 2 heterocycles. The fourth-order valence-corrected chi connectivity index (χ4v) is 4.85. The highest BCUT2D eigenvalue weighted by molar-refractivity contribution is 5.66. The summed E-state index contributed by atoms with van der Waals surface area (Å²) in [7, 11) is 0. The first-order valence-corrected chi connectivity index (χ1v) is 10.2. The molecule has 0 amide bonds. The van der Waals surface area contributed by atoms with Crippen molar-refractivity contribution < 1.29 is 32.6 Å². The van der Waals surface area contributed by atoms with Gasteiger partial charge in [0, 0.05) is 23.7 Å². The second kappa shape index (κ2) is 7.88. The molecule has 0 spiro atoms. The fraction of sp³-hybridized carbons (Fsp3) is 0.364. The van der Waals surface area contributed by atoms with Crippen molar-refractivity contribution in [2.45, 2.75) is 31.5 Å². The summed E-state index contributed by atoms with van der Waals surface area (Å²) in [6, 6.07) is 11.1. The van der Waals surface area contributed by atoms with Crippen LogP contribution in [0, 0.1) is 5.92 Å². The van der Waals surface area contributed by atoms with Gasteiger partial charge in [-0.05, 0) is 54.2 Å². The van der Waals surface area contributed by atoms with Gasteiger partial charge in [0.15, 0.2) is 0 Å². The lowest BCUT2D eigenvalue weighted by molar-refractivity contribution is -0.274. The molecule has 2 aromatic carbocycles. The van der Waals surface area contributed by atoms with Crippen molar-refractivity contribution in [3.8, 4) is 28.6 Å². The van der Waals surface area contributed by atoms with Gasteiger partial charge in [-0.2, -0.15) is 4.98 Å². The molecule has 3 aromatic rings. The van der Waals surface area contributed by atoms with Crippen LogP contribution in [0.2, 0.25) is 0 Å². The first kappa shape index (κ1) is 20.9. The van der Waals surface area contributed by atoms with Crippen molar-refractivity contribution in [2.24, 2.45) is 5.92 Å². The molecule has 0 bridgehead atoms. The molecule has 10 heteroatoms. The van der Waals surface area contributed by atoms with E-state index in [0.717, 1.165) is 23.1 Å². The van der Waals surface area contributed by atoms with E-state index in [0.29, 0.717) is 24.4 Å². The van der Waals surface area contributed by atoms with Gasteiger partial charge in [-0.1, -0.05) is 23.4 Å². The lowest BCUT2D eigenvalue weighted by Gasteiger charge is -2.26. The first-order valence-electron chi connectivity index (χ1n) is 10.2. The molecule has 1 aliphatic carbocycles. The normalized spacial score (nSPS) is 22.7. The van der Waals surface area contributed by atoms with Crippen LogP contribution in [0.1, 0.15) is 23.6 Å². The molecule has 168 valence electrons. The predicted molar refractivity (Wildman–Crippen MR) is 106 cm³/mol. The number of β-amino-alcohol motifs (C(OH)–C–C–N with tert-alkyl or cyclic N) is 1. The zero-order chi connectivity index (χ0) is 22.5. The minimum absolute atomic E-state index is 0.0275. The Morgan fingerprint density at radius 3 is 2.66 bits per heavy atom. The molecule has 3 atom stereocenters. The van der Waals surface area contributed by atoms with Crippen LogP contribution in [0.3, 0.4) is 0 Å². The summed E-state index contributed by atoms with van der Waals surface area (Å²) < 4.78 is 46.3. The van der Waals surface area contributed by atoms with Crippen molar-refractivity contribution in [3.05, 3.63) is 53.6 Å². The minimum Gasteiger partial charge on any atom is -0.406 e. The highest BCUT2D eigenvalue weighted by atomic mass is 19.4. The Labute approximate surface area is 181 Å². The number of rotatable bonds is 5. The first-order chi connectivity index (χ1) is 15.3. The maximum absolute atomic E-state index is 12.3. The molecule has 0 radical (unpaired) electrons. The number of hydrogen-bond acceptors (Lipinski definition) is 7. The van der Waals surface area contributed by atoms with E-state index in [1.807, 2.05) is 23.1 Å². The summed E-state index contributed by atoms with van der Waals surface area (Å²) >= 11 is 0. The summed E-state index contributed by atoms with van der Waals surface area (Å²) in [5.74, 6) is 0.483. The standard InChI is InChI=1S/C22H20F3N3O4/c23-22(24,25)31-14-6-4-12(5-7-14)21-26-20(27-32-21)16-3-1-2-15-17(16)10-13-11-18(30)28(8-9-29)19(13)15/h1-7,13,18-19,29-30H,8-11H2/t13-,18?,19+/m1/s1. The molecule has 1 aliphatic heterocycles. The molecule has 2 N–H and O–H groups in total. The lowest BCUT2D eigenvalue weighted by atomic mass is 10.0. The van der Waals surface area contributed by atoms with E-state index in [-0.39, 0.29) is 30.2 Å². The molecule has 7 nitrogen and oxygen atoms in total. The minimum atomic E-state index is -4.76. The number of benzene rings is 2. The predicted octanol–water partition coefficient (Wildman–Crippen LogP) is 3.53. The second-order valence-corrected chi connectivity index (χ2v) is 7.96. The summed E-state index contributed by atoms with van der Waals surface area (Å²) in [6.45, 7) is 0.364. The number of nitrogens with zero attached hydrogens (tertiary/aromatic N) is 3. The second-order valence-electron chi connectivity index (χ2n) is 7.96. The van der Waals surface area contributed by atoms with Gasteiger partial charge in [0.25, 0.3) is 5.89 Å². The summed E-state index contributed by atoms with van der Waals surface area (Å²) in [5, 5.41) is 23.8. The Bertz CT molecular complexity index is 1120. The highest BCUT2D eigenvalue weighted by Gasteiger charge is 2.46. The van der Waals surface area contributed by atoms with E-state index in [2.05, 4.69) is 14.9 Å². The average molecular weight is 447 g/mol. The number of aliphatic hydroxyl groups is 2. The number of fused-ring (bicyclic) bond motifs is 3. The van der Waals surface area contributed by atoms with Gasteiger partial charge in [-0.3, -0.25) is 4.90 Å². The Morgan fingerprint density at radius 1 is 1.16 bits per heavy atom. The molecular formula is C22H20F3N3O4. The number of aromatic nitrogens is 2. The smallest absolute Gasteiger partial charge is 0.406 e. The number of hydrogen-bond donors (Lipinski definition) is 2. The molecule has 5 rings (SSSR count). The lowest BCUT2D eigenvalue weighted by Crippen LogP contribution is -2.33.